The van der Waals surface area contributed by atoms with Gasteiger partial charge in [0, 0.05) is 55.1 Å². The van der Waals surface area contributed by atoms with Gasteiger partial charge >= 0.3 is 0 Å². The van der Waals surface area contributed by atoms with Crippen LogP contribution in [0.1, 0.15) is 32.6 Å². The molecule has 4 fully saturated rings. The molecule has 1 aromatic rings. The molecule has 2 bridgehead atoms. The molecule has 41 heavy (non-hydrogen) atoms. The van der Waals surface area contributed by atoms with Gasteiger partial charge in [-0.15, -0.1) is 11.8 Å². The van der Waals surface area contributed by atoms with E-state index in [9.17, 15) is 19.5 Å². The van der Waals surface area contributed by atoms with Gasteiger partial charge in [-0.3, -0.25) is 19.3 Å². The Morgan fingerprint density at radius 1 is 1.15 bits per heavy atom. The number of fused-ring (bicyclic) bond motifs is 1. The molecule has 3 amide bonds. The van der Waals surface area contributed by atoms with Crippen LogP contribution >= 0.6 is 27.7 Å². The number of benzene rings is 1. The van der Waals surface area contributed by atoms with Crippen molar-refractivity contribution in [1.29, 1.82) is 0 Å². The first-order chi connectivity index (χ1) is 19.9. The number of likely N-dealkylation sites (tertiary alicyclic amines) is 1. The first-order valence-electron chi connectivity index (χ1n) is 14.7. The molecule has 226 valence electrons. The highest BCUT2D eigenvalue weighted by atomic mass is 79.9. The summed E-state index contributed by atoms with van der Waals surface area (Å²) in [6.07, 6.45) is 2.77. The Kier molecular flexibility index (Phi) is 10.2. The molecule has 0 saturated carbocycles. The Balaban J connectivity index is 1.34. The molecule has 1 spiro atoms. The molecule has 5 rings (SSSR count). The summed E-state index contributed by atoms with van der Waals surface area (Å²) in [5, 5.41) is 15.3. The molecule has 0 radical (unpaired) electrons. The number of unbranched alkanes of at least 4 members (excludes halogenated alkanes) is 2. The molecule has 0 aromatic heterocycles. The highest BCUT2D eigenvalue weighted by molar-refractivity contribution is 9.09. The fourth-order valence-electron chi connectivity index (χ4n) is 6.83. The van der Waals surface area contributed by atoms with Crippen molar-refractivity contribution in [2.75, 3.05) is 64.5 Å². The highest BCUT2D eigenvalue weighted by Crippen LogP contribution is 2.67. The number of aliphatic hydroxyl groups is 1. The maximum Gasteiger partial charge on any atom is 0.244 e. The minimum absolute atomic E-state index is 0.0191. The van der Waals surface area contributed by atoms with E-state index >= 15 is 0 Å². The Bertz CT molecular complexity index is 1090. The molecule has 12 heteroatoms. The molecule has 6 atom stereocenters. The van der Waals surface area contributed by atoms with Gasteiger partial charge < -0.3 is 30.1 Å². The van der Waals surface area contributed by atoms with Crippen molar-refractivity contribution in [1.82, 2.24) is 15.1 Å². The first kappa shape index (κ1) is 30.6. The predicted molar refractivity (Wildman–Crippen MR) is 161 cm³/mol. The zero-order valence-electron chi connectivity index (χ0n) is 23.6. The molecule has 10 nitrogen and oxygen atoms in total. The molecule has 4 saturated heterocycles. The quantitative estimate of drug-likeness (QED) is 0.219. The van der Waals surface area contributed by atoms with Crippen molar-refractivity contribution in [3.63, 3.8) is 0 Å². The van der Waals surface area contributed by atoms with Crippen LogP contribution < -0.4 is 15.4 Å². The highest BCUT2D eigenvalue weighted by Gasteiger charge is 2.75. The largest absolute Gasteiger partial charge is 0.494 e. The number of ether oxygens (including phenoxy) is 2. The number of rotatable bonds is 13. The average molecular weight is 654 g/mol. The van der Waals surface area contributed by atoms with Crippen LogP contribution in [0.2, 0.25) is 0 Å². The smallest absolute Gasteiger partial charge is 0.244 e. The van der Waals surface area contributed by atoms with Crippen LogP contribution in [-0.4, -0.2) is 113 Å². The molecule has 3 N–H and O–H groups in total. The zero-order valence-corrected chi connectivity index (χ0v) is 26.0. The van der Waals surface area contributed by atoms with Crippen LogP contribution in [0.5, 0.6) is 5.75 Å². The molecule has 1 aromatic carbocycles. The number of nitrogens with one attached hydrogen (secondary N) is 2. The normalized spacial score (nSPS) is 30.9. The lowest BCUT2D eigenvalue weighted by atomic mass is 9.70. The fourth-order valence-corrected chi connectivity index (χ4v) is 10.4. The van der Waals surface area contributed by atoms with Crippen LogP contribution in [0.4, 0.5) is 5.69 Å². The summed E-state index contributed by atoms with van der Waals surface area (Å²) in [7, 11) is 0. The van der Waals surface area contributed by atoms with Crippen molar-refractivity contribution in [2.45, 2.75) is 53.5 Å². The summed E-state index contributed by atoms with van der Waals surface area (Å²) in [5.74, 6) is -0.833. The number of anilines is 1. The van der Waals surface area contributed by atoms with Gasteiger partial charge in [-0.05, 0) is 56.9 Å². The molecule has 0 aliphatic carbocycles. The monoisotopic (exact) mass is 652 g/mol. The summed E-state index contributed by atoms with van der Waals surface area (Å²) in [6, 6.07) is 6.60. The Hall–Kier alpha value is -1.86. The van der Waals surface area contributed by atoms with Gasteiger partial charge in [-0.1, -0.05) is 15.9 Å². The topological polar surface area (TPSA) is 120 Å². The Morgan fingerprint density at radius 3 is 2.61 bits per heavy atom. The number of thioether (sulfide) groups is 1. The minimum atomic E-state index is -0.670. The van der Waals surface area contributed by atoms with Gasteiger partial charge in [-0.25, -0.2) is 0 Å². The van der Waals surface area contributed by atoms with Gasteiger partial charge in [0.2, 0.25) is 17.7 Å². The number of carbonyl (C=O) groups is 3. The van der Waals surface area contributed by atoms with Crippen LogP contribution in [0.3, 0.4) is 0 Å². The van der Waals surface area contributed by atoms with Crippen LogP contribution in [0.25, 0.3) is 0 Å². The first-order valence-corrected chi connectivity index (χ1v) is 16.5. The van der Waals surface area contributed by atoms with E-state index in [1.165, 1.54) is 0 Å². The van der Waals surface area contributed by atoms with Gasteiger partial charge in [0.15, 0.2) is 0 Å². The summed E-state index contributed by atoms with van der Waals surface area (Å²) in [4.78, 5) is 45.8. The number of morpholine rings is 1. The SMILES string of the molecule is CCOc1ccc(NC(=O)[C@H]2[C@@H]3SC4(CC3Br)C(C(=O)NCCN3CCOCC3)N(CCCCCO)C(=O)[C@H]24)cc1. The second-order valence-electron chi connectivity index (χ2n) is 11.2. The fraction of sp³-hybridized carbons (Fsp3) is 0.690. The molecule has 4 aliphatic heterocycles. The van der Waals surface area contributed by atoms with Crippen molar-refractivity contribution >= 4 is 51.1 Å². The van der Waals surface area contributed by atoms with E-state index in [2.05, 4.69) is 31.5 Å². The van der Waals surface area contributed by atoms with Crippen molar-refractivity contribution in [3.8, 4) is 5.75 Å². The second-order valence-corrected chi connectivity index (χ2v) is 13.9. The number of carbonyl (C=O) groups excluding carboxylic acids is 3. The summed E-state index contributed by atoms with van der Waals surface area (Å²) >= 11 is 5.46. The number of hydrogen-bond acceptors (Lipinski definition) is 8. The molecular weight excluding hydrogens is 612 g/mol. The van der Waals surface area contributed by atoms with Crippen LogP contribution in [0, 0.1) is 11.8 Å². The van der Waals surface area contributed by atoms with Gasteiger partial charge in [0.25, 0.3) is 0 Å². The Morgan fingerprint density at radius 2 is 1.90 bits per heavy atom. The van der Waals surface area contributed by atoms with Crippen molar-refractivity contribution < 1.29 is 29.0 Å². The predicted octanol–water partition coefficient (Wildman–Crippen LogP) is 2.10. The maximum absolute atomic E-state index is 14.1. The molecule has 3 unspecified atom stereocenters. The number of nitrogens with zero attached hydrogens (tertiary/aromatic N) is 2. The number of aliphatic hydroxyl groups excluding tert-OH is 1. The van der Waals surface area contributed by atoms with E-state index < -0.39 is 22.6 Å². The third-order valence-electron chi connectivity index (χ3n) is 8.66. The third-order valence-corrected chi connectivity index (χ3v) is 11.9. The van der Waals surface area contributed by atoms with E-state index in [1.54, 1.807) is 28.8 Å². The minimum Gasteiger partial charge on any atom is -0.494 e. The molecular formula is C29H41BrN4O6S. The lowest BCUT2D eigenvalue weighted by Crippen LogP contribution is -2.55. The summed E-state index contributed by atoms with van der Waals surface area (Å²) < 4.78 is 10.3. The Labute approximate surface area is 254 Å². The number of halogens is 1. The van der Waals surface area contributed by atoms with E-state index in [4.69, 9.17) is 9.47 Å². The summed E-state index contributed by atoms with van der Waals surface area (Å²) in [6.45, 7) is 7.31. The van der Waals surface area contributed by atoms with E-state index in [1.807, 2.05) is 19.1 Å². The van der Waals surface area contributed by atoms with E-state index in [-0.39, 0.29) is 34.4 Å². The second kappa shape index (κ2) is 13.6. The van der Waals surface area contributed by atoms with Gasteiger partial charge in [0.05, 0.1) is 36.4 Å². The van der Waals surface area contributed by atoms with Gasteiger partial charge in [0.1, 0.15) is 11.8 Å². The molecule has 4 aliphatic rings. The van der Waals surface area contributed by atoms with Crippen molar-refractivity contribution in [3.05, 3.63) is 24.3 Å². The standard InChI is InChI=1S/C29H41BrN4O6S/c1-2-40-20-8-6-19(7-9-20)32-26(36)22-23-28(38)34(11-4-3-5-15-35)25(29(23)18-21(30)24(22)41-29)27(37)31-10-12-33-13-16-39-17-14-33/h6-9,21-25,35H,2-5,10-18H2,1H3,(H,31,37)(H,32,36)/t21?,22-,23+,24-,25?,29?/m1/s1. The zero-order chi connectivity index (χ0) is 29.0. The van der Waals surface area contributed by atoms with Crippen LogP contribution in [0.15, 0.2) is 24.3 Å². The lowest BCUT2D eigenvalue weighted by molar-refractivity contribution is -0.139. The lowest BCUT2D eigenvalue weighted by Gasteiger charge is -2.35. The number of alkyl halides is 1. The molecule has 4 heterocycles. The average Bonchev–Trinajstić information content (AvgIpc) is 3.56. The number of amides is 3. The van der Waals surface area contributed by atoms with E-state index in [0.717, 1.165) is 31.8 Å². The van der Waals surface area contributed by atoms with E-state index in [0.29, 0.717) is 57.9 Å². The van der Waals surface area contributed by atoms with Crippen molar-refractivity contribution in [2.24, 2.45) is 11.8 Å². The maximum atomic E-state index is 14.1. The third kappa shape index (κ3) is 6.27. The summed E-state index contributed by atoms with van der Waals surface area (Å²) in [5.41, 5.74) is 0.648. The van der Waals surface area contributed by atoms with Crippen LogP contribution in [-0.2, 0) is 19.1 Å². The number of hydrogen-bond donors (Lipinski definition) is 3. The van der Waals surface area contributed by atoms with Gasteiger partial charge in [-0.2, -0.15) is 0 Å².